The van der Waals surface area contributed by atoms with Crippen LogP contribution in [0.3, 0.4) is 0 Å². The lowest BCUT2D eigenvalue weighted by molar-refractivity contribution is 0.0650. The topological polar surface area (TPSA) is 51.0 Å². The largest absolute Gasteiger partial charge is 0.336 e. The second-order valence-electron chi connectivity index (χ2n) is 7.84. The third kappa shape index (κ3) is 3.46. The van der Waals surface area contributed by atoms with Crippen molar-refractivity contribution in [2.24, 2.45) is 0 Å². The average molecular weight is 397 g/mol. The highest BCUT2D eigenvalue weighted by atomic mass is 32.1. The molecule has 0 aliphatic heterocycles. The molecule has 1 saturated carbocycles. The number of rotatable bonds is 5. The number of carbonyl (C=O) groups is 1. The molecule has 0 spiro atoms. The Balaban J connectivity index is 1.83. The molecule has 1 amide bonds. The number of carbonyl (C=O) groups excluding carboxylic acids is 1. The second kappa shape index (κ2) is 8.03. The third-order valence-electron chi connectivity index (χ3n) is 5.68. The van der Waals surface area contributed by atoms with E-state index >= 15 is 0 Å². The van der Waals surface area contributed by atoms with Gasteiger partial charge >= 0.3 is 0 Å². The van der Waals surface area contributed by atoms with Crippen LogP contribution in [-0.2, 0) is 0 Å². The van der Waals surface area contributed by atoms with Gasteiger partial charge in [-0.15, -0.1) is 11.3 Å². The van der Waals surface area contributed by atoms with Crippen molar-refractivity contribution in [3.63, 3.8) is 0 Å². The highest BCUT2D eigenvalue weighted by Gasteiger charge is 2.28. The summed E-state index contributed by atoms with van der Waals surface area (Å²) in [6.45, 7) is 7.00. The number of hydrogen-bond acceptors (Lipinski definition) is 4. The van der Waals surface area contributed by atoms with E-state index in [-0.39, 0.29) is 11.9 Å². The van der Waals surface area contributed by atoms with E-state index in [1.807, 2.05) is 28.4 Å². The van der Waals surface area contributed by atoms with Gasteiger partial charge in [0, 0.05) is 18.6 Å². The first-order valence-corrected chi connectivity index (χ1v) is 11.2. The zero-order valence-corrected chi connectivity index (χ0v) is 17.7. The van der Waals surface area contributed by atoms with Gasteiger partial charge in [-0.2, -0.15) is 5.10 Å². The Hall–Kier alpha value is -2.21. The van der Waals surface area contributed by atoms with Crippen LogP contribution >= 0.6 is 11.3 Å². The standard InChI is InChI=1S/C22H28N4OS/c1-4-25(16-9-6-5-7-10-16)22(27)17-13-19(20-11-8-12-28-20)24-21-18(17)14-23-26(21)15(2)3/h8,11-16H,4-7,9-10H2,1-3H3. The maximum atomic E-state index is 13.7. The minimum atomic E-state index is 0.114. The van der Waals surface area contributed by atoms with Crippen molar-refractivity contribution >= 4 is 28.3 Å². The molecule has 0 bridgehead atoms. The number of aromatic nitrogens is 3. The first-order chi connectivity index (χ1) is 13.6. The minimum absolute atomic E-state index is 0.114. The van der Waals surface area contributed by atoms with Crippen LogP contribution in [0, 0.1) is 0 Å². The van der Waals surface area contributed by atoms with Gasteiger partial charge in [0.2, 0.25) is 0 Å². The molecule has 0 radical (unpaired) electrons. The first kappa shape index (κ1) is 19.1. The van der Waals surface area contributed by atoms with Crippen molar-refractivity contribution in [1.29, 1.82) is 0 Å². The molecular formula is C22H28N4OS. The fraction of sp³-hybridized carbons (Fsp3) is 0.500. The normalized spacial score (nSPS) is 15.4. The Morgan fingerprint density at radius 2 is 2.11 bits per heavy atom. The lowest BCUT2D eigenvalue weighted by Crippen LogP contribution is -2.41. The Kier molecular flexibility index (Phi) is 5.49. The van der Waals surface area contributed by atoms with E-state index in [0.717, 1.165) is 46.6 Å². The fourth-order valence-corrected chi connectivity index (χ4v) is 4.92. The molecule has 0 saturated heterocycles. The van der Waals surface area contributed by atoms with E-state index in [9.17, 15) is 4.79 Å². The lowest BCUT2D eigenvalue weighted by atomic mass is 9.93. The zero-order valence-electron chi connectivity index (χ0n) is 16.9. The van der Waals surface area contributed by atoms with E-state index < -0.39 is 0 Å². The third-order valence-corrected chi connectivity index (χ3v) is 6.57. The average Bonchev–Trinajstić information content (AvgIpc) is 3.38. The summed E-state index contributed by atoms with van der Waals surface area (Å²) in [7, 11) is 0. The van der Waals surface area contributed by atoms with Crippen molar-refractivity contribution in [3.05, 3.63) is 35.3 Å². The number of hydrogen-bond donors (Lipinski definition) is 0. The molecule has 0 N–H and O–H groups in total. The molecule has 148 valence electrons. The summed E-state index contributed by atoms with van der Waals surface area (Å²) in [6.07, 6.45) is 7.74. The lowest BCUT2D eigenvalue weighted by Gasteiger charge is -2.33. The molecule has 28 heavy (non-hydrogen) atoms. The monoisotopic (exact) mass is 396 g/mol. The molecule has 1 fully saturated rings. The van der Waals surface area contributed by atoms with Crippen LogP contribution in [-0.4, -0.2) is 38.2 Å². The van der Waals surface area contributed by atoms with Crippen molar-refractivity contribution in [2.75, 3.05) is 6.54 Å². The van der Waals surface area contributed by atoms with Crippen LogP contribution in [0.4, 0.5) is 0 Å². The summed E-state index contributed by atoms with van der Waals surface area (Å²) in [5.74, 6) is 0.114. The van der Waals surface area contributed by atoms with Gasteiger partial charge in [-0.3, -0.25) is 4.79 Å². The van der Waals surface area contributed by atoms with Crippen LogP contribution in [0.2, 0.25) is 0 Å². The zero-order chi connectivity index (χ0) is 19.7. The maximum absolute atomic E-state index is 13.7. The highest BCUT2D eigenvalue weighted by molar-refractivity contribution is 7.13. The SMILES string of the molecule is CCN(C(=O)c1cc(-c2cccs2)nc2c1cnn2C(C)C)C1CCCCC1. The van der Waals surface area contributed by atoms with Crippen molar-refractivity contribution in [1.82, 2.24) is 19.7 Å². The summed E-state index contributed by atoms with van der Waals surface area (Å²) in [6, 6.07) is 6.58. The predicted molar refractivity (Wildman–Crippen MR) is 115 cm³/mol. The molecule has 3 aromatic rings. The number of fused-ring (bicyclic) bond motifs is 1. The van der Waals surface area contributed by atoms with Gasteiger partial charge in [0.1, 0.15) is 0 Å². The molecule has 0 unspecified atom stereocenters. The van der Waals surface area contributed by atoms with E-state index in [1.165, 1.54) is 19.3 Å². The van der Waals surface area contributed by atoms with E-state index in [1.54, 1.807) is 11.3 Å². The van der Waals surface area contributed by atoms with Gasteiger partial charge in [-0.25, -0.2) is 9.67 Å². The second-order valence-corrected chi connectivity index (χ2v) is 8.78. The van der Waals surface area contributed by atoms with E-state index in [4.69, 9.17) is 4.98 Å². The molecule has 6 heteroatoms. The number of pyridine rings is 1. The van der Waals surface area contributed by atoms with Crippen LogP contribution in [0.5, 0.6) is 0 Å². The quantitative estimate of drug-likeness (QED) is 0.569. The van der Waals surface area contributed by atoms with Crippen LogP contribution in [0.15, 0.2) is 29.8 Å². The van der Waals surface area contributed by atoms with E-state index in [2.05, 4.69) is 36.8 Å². The van der Waals surface area contributed by atoms with Crippen LogP contribution < -0.4 is 0 Å². The Bertz CT molecular complexity index is 954. The van der Waals surface area contributed by atoms with Crippen molar-refractivity contribution < 1.29 is 4.79 Å². The van der Waals surface area contributed by atoms with Crippen LogP contribution in [0.25, 0.3) is 21.6 Å². The molecule has 3 aromatic heterocycles. The molecule has 1 aliphatic carbocycles. The predicted octanol–water partition coefficient (Wildman–Crippen LogP) is 5.54. The maximum Gasteiger partial charge on any atom is 0.254 e. The molecule has 0 aromatic carbocycles. The summed E-state index contributed by atoms with van der Waals surface area (Å²) in [5, 5.41) is 7.44. The fourth-order valence-electron chi connectivity index (χ4n) is 4.24. The first-order valence-electron chi connectivity index (χ1n) is 10.3. The molecule has 1 aliphatic rings. The van der Waals surface area contributed by atoms with Gasteiger partial charge in [0.25, 0.3) is 5.91 Å². The van der Waals surface area contributed by atoms with Gasteiger partial charge < -0.3 is 4.90 Å². The van der Waals surface area contributed by atoms with Gasteiger partial charge in [0.15, 0.2) is 5.65 Å². The number of amides is 1. The van der Waals surface area contributed by atoms with Gasteiger partial charge in [-0.05, 0) is 51.1 Å². The Labute approximate surface area is 170 Å². The molecule has 0 atom stereocenters. The highest BCUT2D eigenvalue weighted by Crippen LogP contribution is 2.31. The van der Waals surface area contributed by atoms with Crippen molar-refractivity contribution in [2.45, 2.75) is 65.0 Å². The van der Waals surface area contributed by atoms with Crippen molar-refractivity contribution in [3.8, 4) is 10.6 Å². The molecule has 5 nitrogen and oxygen atoms in total. The number of thiophene rings is 1. The summed E-state index contributed by atoms with van der Waals surface area (Å²) < 4.78 is 1.92. The molecular weight excluding hydrogens is 368 g/mol. The van der Waals surface area contributed by atoms with Gasteiger partial charge in [0.05, 0.1) is 27.7 Å². The molecule has 3 heterocycles. The number of nitrogens with zero attached hydrogens (tertiary/aromatic N) is 4. The summed E-state index contributed by atoms with van der Waals surface area (Å²) >= 11 is 1.65. The van der Waals surface area contributed by atoms with Crippen LogP contribution in [0.1, 0.15) is 69.3 Å². The Morgan fingerprint density at radius 1 is 1.32 bits per heavy atom. The smallest absolute Gasteiger partial charge is 0.254 e. The Morgan fingerprint density at radius 3 is 2.75 bits per heavy atom. The molecule has 4 rings (SSSR count). The van der Waals surface area contributed by atoms with Gasteiger partial charge in [-0.1, -0.05) is 25.3 Å². The summed E-state index contributed by atoms with van der Waals surface area (Å²) in [4.78, 5) is 21.7. The van der Waals surface area contributed by atoms with E-state index in [0.29, 0.717) is 6.04 Å². The summed E-state index contributed by atoms with van der Waals surface area (Å²) in [5.41, 5.74) is 2.38. The minimum Gasteiger partial charge on any atom is -0.336 e.